The second-order valence-corrected chi connectivity index (χ2v) is 19.4. The molecule has 4 aliphatic heterocycles. The molecule has 5 aliphatic rings. The number of nitrogens with zero attached hydrogens (tertiary/aromatic N) is 3. The summed E-state index contributed by atoms with van der Waals surface area (Å²) in [6.45, 7) is 14.1. The molecule has 8 rings (SSSR count). The Morgan fingerprint density at radius 2 is 0.949 bits per heavy atom. The number of likely N-dealkylation sites (tertiary alicyclic amines) is 3. The maximum atomic E-state index is 12.0. The molecule has 3 aromatic carbocycles. The van der Waals surface area contributed by atoms with E-state index >= 15 is 0 Å². The minimum Gasteiger partial charge on any atom is -1.00 e. The zero-order chi connectivity index (χ0) is 55.1. The number of hydrogen-bond acceptors (Lipinski definition) is 13. The van der Waals surface area contributed by atoms with Gasteiger partial charge in [-0.1, -0.05) is 138 Å². The summed E-state index contributed by atoms with van der Waals surface area (Å²) in [6.07, 6.45) is 12.0. The number of carbonyl (C=O) groups excluding carboxylic acids is 5. The molecule has 5 fully saturated rings. The van der Waals surface area contributed by atoms with Gasteiger partial charge in [0.05, 0.1) is 12.2 Å². The molecule has 78 heavy (non-hydrogen) atoms. The van der Waals surface area contributed by atoms with Crippen molar-refractivity contribution in [2.24, 2.45) is 17.8 Å². The third-order valence-electron chi connectivity index (χ3n) is 13.1. The number of ketones is 2. The average Bonchev–Trinajstić information content (AvgIpc) is 3.72. The number of aliphatic hydroxyl groups is 4. The van der Waals surface area contributed by atoms with Crippen LogP contribution in [0, 0.1) is 17.8 Å². The number of carbonyl (C=O) groups is 5. The predicted molar refractivity (Wildman–Crippen MR) is 304 cm³/mol. The van der Waals surface area contributed by atoms with Gasteiger partial charge < -0.3 is 55.5 Å². The van der Waals surface area contributed by atoms with Gasteiger partial charge in [-0.05, 0) is 86.8 Å². The second kappa shape index (κ2) is 47.5. The molecule has 16 nitrogen and oxygen atoms in total. The molecule has 0 spiro atoms. The van der Waals surface area contributed by atoms with E-state index < -0.39 is 0 Å². The van der Waals surface area contributed by atoms with Crippen LogP contribution in [0.25, 0.3) is 0 Å². The van der Waals surface area contributed by atoms with Gasteiger partial charge in [-0.15, -0.1) is 0 Å². The number of amides is 3. The molecule has 18 heteroatoms. The van der Waals surface area contributed by atoms with Crippen LogP contribution in [0.4, 0.5) is 14.4 Å². The van der Waals surface area contributed by atoms with Gasteiger partial charge in [0, 0.05) is 99.8 Å². The normalized spacial score (nSPS) is 20.6. The van der Waals surface area contributed by atoms with Crippen LogP contribution in [0.2, 0.25) is 0 Å². The minimum absolute atomic E-state index is 0. The third kappa shape index (κ3) is 34.0. The standard InChI is InChI=1S/C15H21NO3.C15H19NO3.C14H17NO3.C8H16O.C4H8O.C2H6O.CH4O.CH4.B.Na.H/c2*1-12-10-16(9-5-8-14(12)17)15(18)19-11-13-6-3-2-4-7-13;16-13-7-4-9-15(10-8-13)14(17)18-11-12-5-2-1-3-6-12;1-7-5-3-2-4-6-8(7)9;1-2-4-5-3-1;1-2-3;1-2;;;;/h2-4,6-7,12,14,17H,5,8-11H2,1H3;2-4,6-7,12H,5,8-11H2,1H3;1-3,5-6H,4,7-11H2;7-9H,2-6H2,1H3;1-4H2;3H,2H2,1H3;2H,1H3;1H4;;;/q;;;;;;;;;+1;-1. The van der Waals surface area contributed by atoms with Crippen LogP contribution in [0.3, 0.4) is 0 Å². The monoisotopic (exact) mass is 1100 g/mol. The molecular weight excluding hydrogens is 1000 g/mol. The van der Waals surface area contributed by atoms with Gasteiger partial charge in [0.15, 0.2) is 0 Å². The van der Waals surface area contributed by atoms with Gasteiger partial charge in [0.1, 0.15) is 31.4 Å². The largest absolute Gasteiger partial charge is 1.00 e. The van der Waals surface area contributed by atoms with E-state index in [1.165, 1.54) is 38.5 Å². The summed E-state index contributed by atoms with van der Waals surface area (Å²) in [5.74, 6) is 1.03. The Morgan fingerprint density at radius 3 is 1.42 bits per heavy atom. The van der Waals surface area contributed by atoms with Crippen LogP contribution in [-0.2, 0) is 48.4 Å². The Kier molecular flexibility index (Phi) is 46.1. The fraction of sp³-hybridized carbons (Fsp3) is 0.617. The summed E-state index contributed by atoms with van der Waals surface area (Å²) in [5.41, 5.74) is 2.92. The Balaban J connectivity index is -0.000000922. The first-order chi connectivity index (χ1) is 36.3. The summed E-state index contributed by atoms with van der Waals surface area (Å²) in [6, 6.07) is 28.8. The van der Waals surface area contributed by atoms with Crippen molar-refractivity contribution in [3.8, 4) is 0 Å². The summed E-state index contributed by atoms with van der Waals surface area (Å²) < 4.78 is 20.8. The van der Waals surface area contributed by atoms with Gasteiger partial charge in [0.25, 0.3) is 0 Å². The molecule has 4 N–H and O–H groups in total. The fourth-order valence-corrected chi connectivity index (χ4v) is 8.44. The van der Waals surface area contributed by atoms with Crippen molar-refractivity contribution in [2.45, 2.75) is 157 Å². The van der Waals surface area contributed by atoms with Gasteiger partial charge in [-0.3, -0.25) is 9.59 Å². The van der Waals surface area contributed by atoms with Crippen molar-refractivity contribution < 1.29 is 94.3 Å². The Morgan fingerprint density at radius 1 is 0.551 bits per heavy atom. The van der Waals surface area contributed by atoms with Crippen LogP contribution in [0.5, 0.6) is 0 Å². The minimum atomic E-state index is -0.328. The van der Waals surface area contributed by atoms with Crippen molar-refractivity contribution in [3.63, 3.8) is 0 Å². The van der Waals surface area contributed by atoms with Crippen molar-refractivity contribution >= 4 is 38.3 Å². The van der Waals surface area contributed by atoms with Crippen molar-refractivity contribution in [3.05, 3.63) is 108 Å². The summed E-state index contributed by atoms with van der Waals surface area (Å²) >= 11 is 0. The molecule has 0 aromatic heterocycles. The molecular formula is C60H96BN3NaO13. The number of benzene rings is 3. The van der Waals surface area contributed by atoms with Crippen LogP contribution < -0.4 is 29.6 Å². The molecule has 3 radical (unpaired) electrons. The first-order valence-corrected chi connectivity index (χ1v) is 27.2. The van der Waals surface area contributed by atoms with E-state index in [9.17, 15) is 34.2 Å². The van der Waals surface area contributed by atoms with E-state index in [0.29, 0.717) is 71.1 Å². The van der Waals surface area contributed by atoms with Crippen molar-refractivity contribution in [2.75, 3.05) is 66.2 Å². The quantitative estimate of drug-likeness (QED) is 0.110. The number of rotatable bonds is 6. The van der Waals surface area contributed by atoms with E-state index in [0.717, 1.165) is 69.1 Å². The Bertz CT molecular complexity index is 1960. The molecule has 1 aliphatic carbocycles. The third-order valence-corrected chi connectivity index (χ3v) is 13.1. The maximum Gasteiger partial charge on any atom is 1.00 e. The zero-order valence-corrected chi connectivity index (χ0v) is 49.3. The van der Waals surface area contributed by atoms with E-state index in [1.807, 2.05) is 105 Å². The zero-order valence-electron chi connectivity index (χ0n) is 48.3. The molecule has 5 unspecified atom stereocenters. The number of aliphatic hydroxyl groups excluding tert-OH is 4. The smallest absolute Gasteiger partial charge is 1.00 e. The van der Waals surface area contributed by atoms with Crippen LogP contribution >= 0.6 is 0 Å². The first kappa shape index (κ1) is 75.7. The number of Topliss-reactive ketones (excluding diaryl/α,β-unsaturated/α-hetero) is 2. The molecule has 5 atom stereocenters. The topological polar surface area (TPSA) is 213 Å². The SMILES string of the molecule is C.C1CCOC1.CC1CCCCCC1O.CC1CN(C(=O)OCc2ccccc2)CCCC1=O.CC1CN(C(=O)OCc2ccccc2)CCCC1O.CCO.CO.O=C1CCCN(C(=O)OCc2ccccc2)CC1.[B].[H-].[Na+]. The van der Waals surface area contributed by atoms with E-state index in [2.05, 4.69) is 6.92 Å². The number of ether oxygens (including phenoxy) is 4. The Labute approximate surface area is 493 Å². The summed E-state index contributed by atoms with van der Waals surface area (Å²) in [5, 5.41) is 33.7. The summed E-state index contributed by atoms with van der Waals surface area (Å²) in [4.78, 5) is 63.6. The van der Waals surface area contributed by atoms with Crippen LogP contribution in [0.1, 0.15) is 143 Å². The second-order valence-electron chi connectivity index (χ2n) is 19.4. The fourth-order valence-electron chi connectivity index (χ4n) is 8.44. The maximum absolute atomic E-state index is 12.0. The van der Waals surface area contributed by atoms with Gasteiger partial charge in [-0.25, -0.2) is 14.4 Å². The molecule has 3 amide bonds. The van der Waals surface area contributed by atoms with Gasteiger partial charge in [0.2, 0.25) is 0 Å². The Hall–Kier alpha value is -4.33. The van der Waals surface area contributed by atoms with Crippen LogP contribution in [0.15, 0.2) is 91.0 Å². The van der Waals surface area contributed by atoms with E-state index in [-0.39, 0.29) is 121 Å². The van der Waals surface area contributed by atoms with Gasteiger partial charge >= 0.3 is 47.8 Å². The van der Waals surface area contributed by atoms with Crippen molar-refractivity contribution in [1.82, 2.24) is 14.7 Å². The van der Waals surface area contributed by atoms with Gasteiger partial charge in [-0.2, -0.15) is 0 Å². The molecule has 1 saturated carbocycles. The predicted octanol–water partition coefficient (Wildman–Crippen LogP) is 7.14. The molecule has 0 bridgehead atoms. The first-order valence-electron chi connectivity index (χ1n) is 27.2. The molecule has 4 heterocycles. The van der Waals surface area contributed by atoms with Crippen LogP contribution in [-0.4, -0.2) is 152 Å². The van der Waals surface area contributed by atoms with Crippen molar-refractivity contribution in [1.29, 1.82) is 0 Å². The number of hydrogen-bond donors (Lipinski definition) is 4. The van der Waals surface area contributed by atoms with E-state index in [1.54, 1.807) is 21.6 Å². The van der Waals surface area contributed by atoms with E-state index in [4.69, 9.17) is 29.2 Å². The molecule has 4 saturated heterocycles. The average molecular weight is 1100 g/mol. The summed E-state index contributed by atoms with van der Waals surface area (Å²) in [7, 11) is 1.00. The molecule has 433 valence electrons. The molecule has 3 aromatic rings.